The first kappa shape index (κ1) is 9.05. The minimum absolute atomic E-state index is 0.353. The Hall–Kier alpha value is -0.0400. The van der Waals surface area contributed by atoms with Crippen LogP contribution in [0.3, 0.4) is 0 Å². The number of hydrogen-bond donors (Lipinski definition) is 1. The van der Waals surface area contributed by atoms with Crippen molar-refractivity contribution in [3.63, 3.8) is 0 Å². The van der Waals surface area contributed by atoms with Gasteiger partial charge in [0.15, 0.2) is 0 Å². The minimum atomic E-state index is -0.353. The van der Waals surface area contributed by atoms with Crippen LogP contribution in [-0.2, 0) is 0 Å². The Bertz CT molecular complexity index is 129. The SMILES string of the molecule is CCC(C)C1CCC(C)(O)C1. The highest BCUT2D eigenvalue weighted by Crippen LogP contribution is 2.39. The molecule has 66 valence electrons. The summed E-state index contributed by atoms with van der Waals surface area (Å²) < 4.78 is 0. The maximum absolute atomic E-state index is 9.71. The maximum atomic E-state index is 9.71. The van der Waals surface area contributed by atoms with Gasteiger partial charge in [0.2, 0.25) is 0 Å². The summed E-state index contributed by atoms with van der Waals surface area (Å²) in [5.41, 5.74) is -0.353. The molecule has 1 aliphatic carbocycles. The molecule has 0 aromatic heterocycles. The second-order valence-electron chi connectivity index (χ2n) is 4.39. The first-order valence-electron chi connectivity index (χ1n) is 4.77. The second-order valence-corrected chi connectivity index (χ2v) is 4.39. The van der Waals surface area contributed by atoms with Gasteiger partial charge in [-0.2, -0.15) is 0 Å². The molecule has 0 spiro atoms. The molecule has 3 unspecified atom stereocenters. The molecule has 1 rings (SSSR count). The molecule has 0 aromatic rings. The highest BCUT2D eigenvalue weighted by atomic mass is 16.3. The van der Waals surface area contributed by atoms with Crippen LogP contribution in [0.15, 0.2) is 0 Å². The first-order valence-corrected chi connectivity index (χ1v) is 4.77. The van der Waals surface area contributed by atoms with Gasteiger partial charge in [-0.05, 0) is 38.0 Å². The third kappa shape index (κ3) is 2.19. The molecule has 1 N–H and O–H groups in total. The van der Waals surface area contributed by atoms with Crippen molar-refractivity contribution in [1.82, 2.24) is 0 Å². The summed E-state index contributed by atoms with van der Waals surface area (Å²) in [6.07, 6.45) is 4.49. The lowest BCUT2D eigenvalue weighted by molar-refractivity contribution is 0.0603. The van der Waals surface area contributed by atoms with E-state index in [0.717, 1.165) is 24.7 Å². The van der Waals surface area contributed by atoms with Crippen molar-refractivity contribution >= 4 is 0 Å². The van der Waals surface area contributed by atoms with Crippen LogP contribution in [0.5, 0.6) is 0 Å². The van der Waals surface area contributed by atoms with E-state index in [2.05, 4.69) is 13.8 Å². The standard InChI is InChI=1S/C10H20O/c1-4-8(2)9-5-6-10(3,11)7-9/h8-9,11H,4-7H2,1-3H3. The van der Waals surface area contributed by atoms with Crippen LogP contribution in [0.1, 0.15) is 46.5 Å². The molecule has 1 nitrogen and oxygen atoms in total. The number of aliphatic hydroxyl groups is 1. The summed E-state index contributed by atoms with van der Waals surface area (Å²) in [7, 11) is 0. The molecule has 0 bridgehead atoms. The van der Waals surface area contributed by atoms with Crippen LogP contribution >= 0.6 is 0 Å². The zero-order valence-corrected chi connectivity index (χ0v) is 7.93. The summed E-state index contributed by atoms with van der Waals surface area (Å²) in [4.78, 5) is 0. The Morgan fingerprint density at radius 3 is 2.64 bits per heavy atom. The number of rotatable bonds is 2. The van der Waals surface area contributed by atoms with Gasteiger partial charge in [0, 0.05) is 0 Å². The van der Waals surface area contributed by atoms with Gasteiger partial charge in [-0.3, -0.25) is 0 Å². The first-order chi connectivity index (χ1) is 5.05. The predicted octanol–water partition coefficient (Wildman–Crippen LogP) is 2.58. The minimum Gasteiger partial charge on any atom is -0.390 e. The fourth-order valence-electron chi connectivity index (χ4n) is 2.08. The molecule has 0 amide bonds. The fourth-order valence-corrected chi connectivity index (χ4v) is 2.08. The molecule has 1 aliphatic rings. The topological polar surface area (TPSA) is 20.2 Å². The zero-order valence-electron chi connectivity index (χ0n) is 7.93. The normalized spacial score (nSPS) is 40.9. The van der Waals surface area contributed by atoms with Gasteiger partial charge in [0.25, 0.3) is 0 Å². The third-order valence-corrected chi connectivity index (χ3v) is 3.20. The van der Waals surface area contributed by atoms with Crippen molar-refractivity contribution in [3.05, 3.63) is 0 Å². The Labute approximate surface area is 69.8 Å². The van der Waals surface area contributed by atoms with Gasteiger partial charge in [0.1, 0.15) is 0 Å². The summed E-state index contributed by atoms with van der Waals surface area (Å²) >= 11 is 0. The molecular formula is C10H20O. The van der Waals surface area contributed by atoms with Crippen molar-refractivity contribution in [2.24, 2.45) is 11.8 Å². The van der Waals surface area contributed by atoms with E-state index in [0.29, 0.717) is 0 Å². The van der Waals surface area contributed by atoms with Gasteiger partial charge in [-0.1, -0.05) is 20.3 Å². The summed E-state index contributed by atoms with van der Waals surface area (Å²) in [6.45, 7) is 6.50. The highest BCUT2D eigenvalue weighted by molar-refractivity contribution is 4.86. The van der Waals surface area contributed by atoms with Crippen LogP contribution < -0.4 is 0 Å². The molecule has 1 saturated carbocycles. The maximum Gasteiger partial charge on any atom is 0.0622 e. The molecule has 11 heavy (non-hydrogen) atoms. The van der Waals surface area contributed by atoms with E-state index >= 15 is 0 Å². The van der Waals surface area contributed by atoms with E-state index in [-0.39, 0.29) is 5.60 Å². The Kier molecular flexibility index (Phi) is 2.58. The van der Waals surface area contributed by atoms with Crippen LogP contribution in [-0.4, -0.2) is 10.7 Å². The summed E-state index contributed by atoms with van der Waals surface area (Å²) in [5.74, 6) is 1.57. The van der Waals surface area contributed by atoms with E-state index < -0.39 is 0 Å². The van der Waals surface area contributed by atoms with Gasteiger partial charge in [0.05, 0.1) is 5.60 Å². The third-order valence-electron chi connectivity index (χ3n) is 3.20. The molecule has 0 heterocycles. The largest absolute Gasteiger partial charge is 0.390 e. The Balaban J connectivity index is 2.41. The lowest BCUT2D eigenvalue weighted by atomic mass is 9.89. The van der Waals surface area contributed by atoms with Gasteiger partial charge >= 0.3 is 0 Å². The van der Waals surface area contributed by atoms with E-state index in [1.54, 1.807) is 0 Å². The molecule has 1 fully saturated rings. The van der Waals surface area contributed by atoms with Crippen molar-refractivity contribution in [1.29, 1.82) is 0 Å². The molecule has 1 heteroatoms. The molecule has 3 atom stereocenters. The number of hydrogen-bond acceptors (Lipinski definition) is 1. The molecule has 0 saturated heterocycles. The average Bonchev–Trinajstić information content (AvgIpc) is 2.29. The average molecular weight is 156 g/mol. The lowest BCUT2D eigenvalue weighted by Gasteiger charge is -2.19. The van der Waals surface area contributed by atoms with Crippen LogP contribution in [0.2, 0.25) is 0 Å². The van der Waals surface area contributed by atoms with Crippen molar-refractivity contribution in [2.45, 2.75) is 52.1 Å². The smallest absolute Gasteiger partial charge is 0.0622 e. The van der Waals surface area contributed by atoms with Crippen LogP contribution in [0, 0.1) is 11.8 Å². The van der Waals surface area contributed by atoms with E-state index in [1.807, 2.05) is 6.92 Å². The van der Waals surface area contributed by atoms with Gasteiger partial charge < -0.3 is 5.11 Å². The second kappa shape index (κ2) is 3.14. The van der Waals surface area contributed by atoms with Crippen molar-refractivity contribution in [3.8, 4) is 0 Å². The van der Waals surface area contributed by atoms with E-state index in [4.69, 9.17) is 0 Å². The van der Waals surface area contributed by atoms with Gasteiger partial charge in [-0.25, -0.2) is 0 Å². The summed E-state index contributed by atoms with van der Waals surface area (Å²) in [6, 6.07) is 0. The monoisotopic (exact) mass is 156 g/mol. The summed E-state index contributed by atoms with van der Waals surface area (Å²) in [5, 5.41) is 9.71. The highest BCUT2D eigenvalue weighted by Gasteiger charge is 2.34. The van der Waals surface area contributed by atoms with Crippen LogP contribution in [0.25, 0.3) is 0 Å². The van der Waals surface area contributed by atoms with Crippen molar-refractivity contribution in [2.75, 3.05) is 0 Å². The Morgan fingerprint density at radius 2 is 2.27 bits per heavy atom. The fraction of sp³-hybridized carbons (Fsp3) is 1.00. The lowest BCUT2D eigenvalue weighted by Crippen LogP contribution is -2.20. The molecule has 0 aliphatic heterocycles. The van der Waals surface area contributed by atoms with Gasteiger partial charge in [-0.15, -0.1) is 0 Å². The van der Waals surface area contributed by atoms with E-state index in [9.17, 15) is 5.11 Å². The molecule has 0 radical (unpaired) electrons. The molecular weight excluding hydrogens is 136 g/mol. The zero-order chi connectivity index (χ0) is 8.48. The predicted molar refractivity (Wildman–Crippen MR) is 47.4 cm³/mol. The molecule has 0 aromatic carbocycles. The van der Waals surface area contributed by atoms with E-state index in [1.165, 1.54) is 12.8 Å². The Morgan fingerprint density at radius 1 is 1.64 bits per heavy atom. The van der Waals surface area contributed by atoms with Crippen LogP contribution in [0.4, 0.5) is 0 Å². The quantitative estimate of drug-likeness (QED) is 0.651. The van der Waals surface area contributed by atoms with Crippen molar-refractivity contribution < 1.29 is 5.11 Å².